The number of rotatable bonds is 4. The minimum atomic E-state index is -0.104. The van der Waals surface area contributed by atoms with Gasteiger partial charge >= 0.3 is 0 Å². The lowest BCUT2D eigenvalue weighted by molar-refractivity contribution is -0.0104. The van der Waals surface area contributed by atoms with Gasteiger partial charge in [-0.1, -0.05) is 15.9 Å². The van der Waals surface area contributed by atoms with Gasteiger partial charge in [0, 0.05) is 28.8 Å². The molecular formula is C15H23BrN2O2. The van der Waals surface area contributed by atoms with Crippen LogP contribution in [-0.2, 0) is 4.74 Å². The molecule has 0 bridgehead atoms. The Morgan fingerprint density at radius 1 is 1.55 bits per heavy atom. The summed E-state index contributed by atoms with van der Waals surface area (Å²) in [4.78, 5) is 2.33. The molecule has 1 aromatic rings. The molecule has 0 spiro atoms. The van der Waals surface area contributed by atoms with Gasteiger partial charge in [0.15, 0.2) is 0 Å². The van der Waals surface area contributed by atoms with Gasteiger partial charge < -0.3 is 20.1 Å². The molecule has 20 heavy (non-hydrogen) atoms. The molecule has 1 saturated heterocycles. The van der Waals surface area contributed by atoms with E-state index < -0.39 is 0 Å². The van der Waals surface area contributed by atoms with Crippen LogP contribution in [0.5, 0.6) is 0 Å². The van der Waals surface area contributed by atoms with Crippen molar-refractivity contribution in [2.24, 2.45) is 0 Å². The zero-order valence-corrected chi connectivity index (χ0v) is 13.9. The van der Waals surface area contributed by atoms with Gasteiger partial charge in [0.05, 0.1) is 19.3 Å². The highest BCUT2D eigenvalue weighted by molar-refractivity contribution is 9.10. The van der Waals surface area contributed by atoms with E-state index in [1.165, 1.54) is 11.3 Å². The minimum absolute atomic E-state index is 0.0661. The Labute approximate surface area is 129 Å². The maximum absolute atomic E-state index is 9.34. The van der Waals surface area contributed by atoms with Crippen molar-refractivity contribution < 1.29 is 9.84 Å². The van der Waals surface area contributed by atoms with Crippen LogP contribution in [0.4, 0.5) is 5.69 Å². The van der Waals surface area contributed by atoms with Crippen LogP contribution in [0, 0.1) is 0 Å². The average Bonchev–Trinajstić information content (AvgIpc) is 2.47. The Morgan fingerprint density at radius 2 is 2.30 bits per heavy atom. The van der Waals surface area contributed by atoms with E-state index in [1.54, 1.807) is 0 Å². The van der Waals surface area contributed by atoms with Gasteiger partial charge in [-0.25, -0.2) is 0 Å². The SMILES string of the molecule is CNC(C)c1cc(Br)ccc1N1CC(CO)OCC1C. The second kappa shape index (κ2) is 6.89. The molecule has 1 fully saturated rings. The zero-order chi connectivity index (χ0) is 14.7. The molecular weight excluding hydrogens is 320 g/mol. The summed E-state index contributed by atoms with van der Waals surface area (Å²) in [5, 5.41) is 12.6. The molecule has 4 nitrogen and oxygen atoms in total. The summed E-state index contributed by atoms with van der Waals surface area (Å²) in [5.41, 5.74) is 2.47. The summed E-state index contributed by atoms with van der Waals surface area (Å²) in [6.45, 7) is 5.75. The average molecular weight is 343 g/mol. The standard InChI is InChI=1S/C15H23BrN2O2/c1-10-9-20-13(8-19)7-18(10)15-5-4-12(16)6-14(15)11(2)17-3/h4-6,10-11,13,17,19H,7-9H2,1-3H3. The number of ether oxygens (including phenoxy) is 1. The fourth-order valence-corrected chi connectivity index (χ4v) is 2.93. The van der Waals surface area contributed by atoms with Gasteiger partial charge in [-0.05, 0) is 44.7 Å². The van der Waals surface area contributed by atoms with Gasteiger partial charge in [-0.3, -0.25) is 0 Å². The van der Waals surface area contributed by atoms with Gasteiger partial charge in [-0.15, -0.1) is 0 Å². The summed E-state index contributed by atoms with van der Waals surface area (Å²) < 4.78 is 6.71. The van der Waals surface area contributed by atoms with E-state index in [9.17, 15) is 5.11 Å². The van der Waals surface area contributed by atoms with Crippen molar-refractivity contribution in [2.75, 3.05) is 31.7 Å². The van der Waals surface area contributed by atoms with Gasteiger partial charge in [-0.2, -0.15) is 0 Å². The number of aliphatic hydroxyl groups excluding tert-OH is 1. The third-order valence-electron chi connectivity index (χ3n) is 3.91. The molecule has 2 rings (SSSR count). The normalized spacial score (nSPS) is 24.8. The lowest BCUT2D eigenvalue weighted by Gasteiger charge is -2.40. The van der Waals surface area contributed by atoms with Crippen molar-refractivity contribution >= 4 is 21.6 Å². The third kappa shape index (κ3) is 3.34. The highest BCUT2D eigenvalue weighted by Gasteiger charge is 2.28. The fourth-order valence-electron chi connectivity index (χ4n) is 2.55. The van der Waals surface area contributed by atoms with E-state index in [-0.39, 0.29) is 18.8 Å². The first-order valence-corrected chi connectivity index (χ1v) is 7.82. The number of halogens is 1. The van der Waals surface area contributed by atoms with E-state index in [0.717, 1.165) is 11.0 Å². The Kier molecular flexibility index (Phi) is 5.43. The van der Waals surface area contributed by atoms with Crippen molar-refractivity contribution in [3.05, 3.63) is 28.2 Å². The van der Waals surface area contributed by atoms with E-state index in [1.807, 2.05) is 7.05 Å². The molecule has 3 atom stereocenters. The van der Waals surface area contributed by atoms with Crippen LogP contribution < -0.4 is 10.2 Å². The van der Waals surface area contributed by atoms with Crippen molar-refractivity contribution in [3.8, 4) is 0 Å². The summed E-state index contributed by atoms with van der Waals surface area (Å²) >= 11 is 3.55. The maximum Gasteiger partial charge on any atom is 0.0981 e. The third-order valence-corrected chi connectivity index (χ3v) is 4.40. The van der Waals surface area contributed by atoms with Gasteiger partial charge in [0.25, 0.3) is 0 Å². The van der Waals surface area contributed by atoms with Crippen LogP contribution >= 0.6 is 15.9 Å². The van der Waals surface area contributed by atoms with Crippen LogP contribution in [0.2, 0.25) is 0 Å². The Hall–Kier alpha value is -0.620. The molecule has 5 heteroatoms. The molecule has 1 aliphatic heterocycles. The van der Waals surface area contributed by atoms with E-state index in [0.29, 0.717) is 12.6 Å². The summed E-state index contributed by atoms with van der Waals surface area (Å²) in [7, 11) is 1.97. The number of nitrogens with one attached hydrogen (secondary N) is 1. The molecule has 112 valence electrons. The Morgan fingerprint density at radius 3 is 2.95 bits per heavy atom. The number of morpholine rings is 1. The fraction of sp³-hybridized carbons (Fsp3) is 0.600. The topological polar surface area (TPSA) is 44.7 Å². The molecule has 3 unspecified atom stereocenters. The summed E-state index contributed by atoms with van der Waals surface area (Å²) in [5.74, 6) is 0. The highest BCUT2D eigenvalue weighted by Crippen LogP contribution is 2.32. The summed E-state index contributed by atoms with van der Waals surface area (Å²) in [6.07, 6.45) is -0.104. The molecule has 0 amide bonds. The van der Waals surface area contributed by atoms with Crippen molar-refractivity contribution in [1.29, 1.82) is 0 Å². The lowest BCUT2D eigenvalue weighted by Crippen LogP contribution is -2.50. The predicted octanol–water partition coefficient (Wildman–Crippen LogP) is 2.32. The number of aliphatic hydroxyl groups is 1. The van der Waals surface area contributed by atoms with E-state index >= 15 is 0 Å². The van der Waals surface area contributed by atoms with Crippen LogP contribution in [0.3, 0.4) is 0 Å². The molecule has 2 N–H and O–H groups in total. The van der Waals surface area contributed by atoms with Crippen molar-refractivity contribution in [2.45, 2.75) is 32.0 Å². The highest BCUT2D eigenvalue weighted by atomic mass is 79.9. The number of hydrogen-bond donors (Lipinski definition) is 2. The van der Waals surface area contributed by atoms with Gasteiger partial charge in [0.1, 0.15) is 0 Å². The first-order valence-electron chi connectivity index (χ1n) is 7.02. The maximum atomic E-state index is 9.34. The summed E-state index contributed by atoms with van der Waals surface area (Å²) in [6, 6.07) is 6.94. The monoisotopic (exact) mass is 342 g/mol. The Bertz CT molecular complexity index is 455. The first kappa shape index (κ1) is 15.8. The second-order valence-electron chi connectivity index (χ2n) is 5.35. The molecule has 1 heterocycles. The number of hydrogen-bond acceptors (Lipinski definition) is 4. The quantitative estimate of drug-likeness (QED) is 0.881. The van der Waals surface area contributed by atoms with E-state index in [2.05, 4.69) is 58.2 Å². The van der Waals surface area contributed by atoms with Crippen LogP contribution in [0.1, 0.15) is 25.5 Å². The lowest BCUT2D eigenvalue weighted by atomic mass is 10.0. The zero-order valence-electron chi connectivity index (χ0n) is 12.3. The first-order chi connectivity index (χ1) is 9.56. The molecule has 0 aromatic heterocycles. The molecule has 0 aliphatic carbocycles. The van der Waals surface area contributed by atoms with Crippen LogP contribution in [0.15, 0.2) is 22.7 Å². The van der Waals surface area contributed by atoms with Crippen molar-refractivity contribution in [3.63, 3.8) is 0 Å². The molecule has 0 saturated carbocycles. The van der Waals surface area contributed by atoms with Crippen molar-refractivity contribution in [1.82, 2.24) is 5.32 Å². The van der Waals surface area contributed by atoms with Crippen LogP contribution in [0.25, 0.3) is 0 Å². The number of anilines is 1. The smallest absolute Gasteiger partial charge is 0.0981 e. The van der Waals surface area contributed by atoms with Crippen LogP contribution in [-0.4, -0.2) is 44.1 Å². The minimum Gasteiger partial charge on any atom is -0.394 e. The second-order valence-corrected chi connectivity index (χ2v) is 6.27. The predicted molar refractivity (Wildman–Crippen MR) is 85.3 cm³/mol. The molecule has 1 aliphatic rings. The number of benzene rings is 1. The van der Waals surface area contributed by atoms with E-state index in [4.69, 9.17) is 4.74 Å². The molecule has 1 aromatic carbocycles. The number of nitrogens with zero attached hydrogens (tertiary/aromatic N) is 1. The largest absolute Gasteiger partial charge is 0.394 e. The van der Waals surface area contributed by atoms with Gasteiger partial charge in [0.2, 0.25) is 0 Å². The molecule has 0 radical (unpaired) electrons. The Balaban J connectivity index is 2.34.